The van der Waals surface area contributed by atoms with Gasteiger partial charge in [0.1, 0.15) is 6.29 Å². The van der Waals surface area contributed by atoms with Crippen LogP contribution in [0.25, 0.3) is 0 Å². The minimum atomic E-state index is -0.156. The van der Waals surface area contributed by atoms with Gasteiger partial charge in [-0.15, -0.1) is 0 Å². The maximum absolute atomic E-state index is 11.3. The minimum absolute atomic E-state index is 0.156. The largest absolute Gasteiger partial charge is 0.306 e. The van der Waals surface area contributed by atoms with Gasteiger partial charge in [0.25, 0.3) is 0 Å². The average Bonchev–Trinajstić information content (AvgIpc) is 2.62. The van der Waals surface area contributed by atoms with Gasteiger partial charge in [0.05, 0.1) is 5.92 Å². The lowest BCUT2D eigenvalue weighted by molar-refractivity contribution is -0.108. The summed E-state index contributed by atoms with van der Waals surface area (Å²) >= 11 is 0. The number of hydrogen-bond acceptors (Lipinski definition) is 2. The van der Waals surface area contributed by atoms with Crippen molar-refractivity contribution in [1.29, 1.82) is 0 Å². The van der Waals surface area contributed by atoms with Gasteiger partial charge < -0.3 is 9.69 Å². The molecule has 1 heterocycles. The number of aryl methyl sites for hydroxylation is 2. The van der Waals surface area contributed by atoms with Crippen LogP contribution in [0.2, 0.25) is 0 Å². The fourth-order valence-corrected chi connectivity index (χ4v) is 3.03. The molecule has 2 heteroatoms. The van der Waals surface area contributed by atoms with Gasteiger partial charge in [-0.2, -0.15) is 0 Å². The summed E-state index contributed by atoms with van der Waals surface area (Å²) in [5.41, 5.74) is 4.52. The highest BCUT2D eigenvalue weighted by molar-refractivity contribution is 5.68. The Morgan fingerprint density at radius 1 is 0.880 bits per heavy atom. The summed E-state index contributed by atoms with van der Waals surface area (Å²) < 4.78 is 0. The van der Waals surface area contributed by atoms with E-state index in [1.165, 1.54) is 37.1 Å². The van der Waals surface area contributed by atoms with Crippen molar-refractivity contribution < 1.29 is 4.79 Å². The molecular formula is C23H31NO. The summed E-state index contributed by atoms with van der Waals surface area (Å²) in [4.78, 5) is 13.7. The summed E-state index contributed by atoms with van der Waals surface area (Å²) in [6.45, 7) is 9.05. The Morgan fingerprint density at radius 3 is 1.60 bits per heavy atom. The van der Waals surface area contributed by atoms with Gasteiger partial charge in [0.15, 0.2) is 0 Å². The van der Waals surface area contributed by atoms with Gasteiger partial charge in [-0.05, 0) is 63.9 Å². The number of likely N-dealkylation sites (tertiary alicyclic amines) is 1. The molecule has 0 bridgehead atoms. The Kier molecular flexibility index (Phi) is 7.39. The Hall–Kier alpha value is -1.93. The van der Waals surface area contributed by atoms with Crippen LogP contribution in [0.5, 0.6) is 0 Å². The van der Waals surface area contributed by atoms with E-state index >= 15 is 0 Å². The van der Waals surface area contributed by atoms with Gasteiger partial charge in [-0.25, -0.2) is 0 Å². The molecule has 0 radical (unpaired) electrons. The number of rotatable bonds is 3. The summed E-state index contributed by atoms with van der Waals surface area (Å²) in [6, 6.07) is 16.3. The predicted molar refractivity (Wildman–Crippen MR) is 106 cm³/mol. The molecule has 0 saturated carbocycles. The van der Waals surface area contributed by atoms with Crippen molar-refractivity contribution in [1.82, 2.24) is 4.90 Å². The van der Waals surface area contributed by atoms with E-state index in [0.717, 1.165) is 23.3 Å². The van der Waals surface area contributed by atoms with Crippen molar-refractivity contribution in [3.63, 3.8) is 0 Å². The first-order valence-electron chi connectivity index (χ1n) is 9.26. The quantitative estimate of drug-likeness (QED) is 0.736. The maximum Gasteiger partial charge on any atom is 0.131 e. The van der Waals surface area contributed by atoms with Crippen LogP contribution in [0.15, 0.2) is 48.5 Å². The first-order valence-corrected chi connectivity index (χ1v) is 9.26. The normalized spacial score (nSPS) is 15.6. The second kappa shape index (κ2) is 9.53. The standard InChI is InChI=1S/C16H16O.C7H15N/c1-12-3-7-14(8-4-12)16(11-17)15-9-5-13(2)6-10-15;1-7-3-5-8(2)6-4-7/h3-11,16H,1-2H3;7H,3-6H2,1-2H3. The topological polar surface area (TPSA) is 20.3 Å². The smallest absolute Gasteiger partial charge is 0.131 e. The van der Waals surface area contributed by atoms with Crippen LogP contribution in [-0.4, -0.2) is 31.3 Å². The van der Waals surface area contributed by atoms with Crippen molar-refractivity contribution in [2.24, 2.45) is 5.92 Å². The molecule has 3 rings (SSSR count). The number of piperidine rings is 1. The van der Waals surface area contributed by atoms with Gasteiger partial charge in [-0.3, -0.25) is 0 Å². The van der Waals surface area contributed by atoms with Crippen LogP contribution < -0.4 is 0 Å². The average molecular weight is 338 g/mol. The van der Waals surface area contributed by atoms with Gasteiger partial charge in [-0.1, -0.05) is 66.6 Å². The van der Waals surface area contributed by atoms with Crippen molar-refractivity contribution in [2.75, 3.05) is 20.1 Å². The van der Waals surface area contributed by atoms with Crippen LogP contribution in [0.4, 0.5) is 0 Å². The molecule has 1 aliphatic heterocycles. The zero-order chi connectivity index (χ0) is 18.2. The van der Waals surface area contributed by atoms with E-state index in [-0.39, 0.29) is 5.92 Å². The van der Waals surface area contributed by atoms with Crippen LogP contribution >= 0.6 is 0 Å². The molecule has 0 atom stereocenters. The Morgan fingerprint density at radius 2 is 1.28 bits per heavy atom. The Bertz CT molecular complexity index is 581. The molecule has 0 aliphatic carbocycles. The van der Waals surface area contributed by atoms with Crippen LogP contribution in [0, 0.1) is 19.8 Å². The lowest BCUT2D eigenvalue weighted by atomic mass is 9.92. The van der Waals surface area contributed by atoms with Crippen molar-refractivity contribution in [3.8, 4) is 0 Å². The predicted octanol–water partition coefficient (Wildman–Crippen LogP) is 4.98. The fraction of sp³-hybridized carbons (Fsp3) is 0.435. The molecule has 2 aromatic rings. The second-order valence-corrected chi connectivity index (χ2v) is 7.42. The highest BCUT2D eigenvalue weighted by Gasteiger charge is 2.12. The Balaban J connectivity index is 0.000000236. The maximum atomic E-state index is 11.3. The molecule has 2 nitrogen and oxygen atoms in total. The SMILES string of the molecule is CC1CCN(C)CC1.Cc1ccc(C(C=O)c2ccc(C)cc2)cc1. The lowest BCUT2D eigenvalue weighted by Crippen LogP contribution is -2.28. The molecule has 0 aromatic heterocycles. The third-order valence-electron chi connectivity index (χ3n) is 5.02. The van der Waals surface area contributed by atoms with E-state index in [1.807, 2.05) is 62.4 Å². The first-order chi connectivity index (χ1) is 12.0. The van der Waals surface area contributed by atoms with E-state index in [1.54, 1.807) is 0 Å². The third-order valence-corrected chi connectivity index (χ3v) is 5.02. The zero-order valence-corrected chi connectivity index (χ0v) is 16.0. The minimum Gasteiger partial charge on any atom is -0.306 e. The molecule has 2 aromatic carbocycles. The van der Waals surface area contributed by atoms with Crippen LogP contribution in [0.3, 0.4) is 0 Å². The van der Waals surface area contributed by atoms with Crippen molar-refractivity contribution >= 4 is 6.29 Å². The van der Waals surface area contributed by atoms with E-state index < -0.39 is 0 Å². The highest BCUT2D eigenvalue weighted by Crippen LogP contribution is 2.23. The molecule has 0 unspecified atom stereocenters. The second-order valence-electron chi connectivity index (χ2n) is 7.42. The summed E-state index contributed by atoms with van der Waals surface area (Å²) in [6.07, 6.45) is 3.81. The molecule has 25 heavy (non-hydrogen) atoms. The monoisotopic (exact) mass is 337 g/mol. The molecule has 0 N–H and O–H groups in total. The van der Waals surface area contributed by atoms with Gasteiger partial charge >= 0.3 is 0 Å². The molecule has 134 valence electrons. The molecule has 1 aliphatic rings. The fourth-order valence-electron chi connectivity index (χ4n) is 3.03. The van der Waals surface area contributed by atoms with E-state index in [0.29, 0.717) is 0 Å². The van der Waals surface area contributed by atoms with Crippen LogP contribution in [-0.2, 0) is 4.79 Å². The Labute approximate surface area is 152 Å². The number of nitrogens with zero attached hydrogens (tertiary/aromatic N) is 1. The molecule has 1 saturated heterocycles. The summed E-state index contributed by atoms with van der Waals surface area (Å²) in [5.74, 6) is 0.822. The molecular weight excluding hydrogens is 306 g/mol. The first kappa shape index (κ1) is 19.4. The number of hydrogen-bond donors (Lipinski definition) is 0. The number of aldehydes is 1. The summed E-state index contributed by atoms with van der Waals surface area (Å²) in [7, 11) is 2.20. The van der Waals surface area contributed by atoms with E-state index in [2.05, 4.69) is 18.9 Å². The highest BCUT2D eigenvalue weighted by atomic mass is 16.1. The van der Waals surface area contributed by atoms with Gasteiger partial charge in [0.2, 0.25) is 0 Å². The van der Waals surface area contributed by atoms with Gasteiger partial charge in [0, 0.05) is 0 Å². The van der Waals surface area contributed by atoms with Crippen molar-refractivity contribution in [2.45, 2.75) is 39.5 Å². The van der Waals surface area contributed by atoms with E-state index in [9.17, 15) is 4.79 Å². The number of benzene rings is 2. The third kappa shape index (κ3) is 6.13. The molecule has 0 spiro atoms. The van der Waals surface area contributed by atoms with Crippen molar-refractivity contribution in [3.05, 3.63) is 70.8 Å². The molecule has 0 amide bonds. The van der Waals surface area contributed by atoms with E-state index in [4.69, 9.17) is 0 Å². The van der Waals surface area contributed by atoms with Crippen LogP contribution in [0.1, 0.15) is 47.9 Å². The molecule has 1 fully saturated rings. The number of carbonyl (C=O) groups is 1. The zero-order valence-electron chi connectivity index (χ0n) is 16.0. The number of carbonyl (C=O) groups excluding carboxylic acids is 1. The lowest BCUT2D eigenvalue weighted by Gasteiger charge is -2.26. The summed E-state index contributed by atoms with van der Waals surface area (Å²) in [5, 5.41) is 0.